The minimum Gasteiger partial charge on any atom is -0.454 e. The van der Waals surface area contributed by atoms with E-state index >= 15 is 0 Å². The molecule has 2 heterocycles. The van der Waals surface area contributed by atoms with Crippen LogP contribution in [0.3, 0.4) is 0 Å². The predicted octanol–water partition coefficient (Wildman–Crippen LogP) is 1.98. The first-order valence-corrected chi connectivity index (χ1v) is 8.57. The Morgan fingerprint density at radius 3 is 2.62 bits per heavy atom. The zero-order chi connectivity index (χ0) is 18.5. The lowest BCUT2D eigenvalue weighted by Gasteiger charge is -2.08. The molecule has 2 aromatic heterocycles. The van der Waals surface area contributed by atoms with Gasteiger partial charge >= 0.3 is 5.97 Å². The number of carbonyl (C=O) groups is 1. The van der Waals surface area contributed by atoms with Crippen LogP contribution in [0, 0.1) is 6.92 Å². The Hall–Kier alpha value is -3.14. The van der Waals surface area contributed by atoms with Gasteiger partial charge in [-0.3, -0.25) is 0 Å². The summed E-state index contributed by atoms with van der Waals surface area (Å²) in [5, 5.41) is 3.94. The molecule has 4 N–H and O–H groups in total. The molecule has 0 bridgehead atoms. The van der Waals surface area contributed by atoms with Crippen LogP contribution in [0.15, 0.2) is 39.8 Å². The summed E-state index contributed by atoms with van der Waals surface area (Å²) in [6, 6.07) is 8.99. The number of aryl methyl sites for hydroxylation is 1. The summed E-state index contributed by atoms with van der Waals surface area (Å²) < 4.78 is 10.3. The van der Waals surface area contributed by atoms with Crippen LogP contribution in [0.4, 0.5) is 11.9 Å². The second-order valence-corrected chi connectivity index (χ2v) is 6.28. The summed E-state index contributed by atoms with van der Waals surface area (Å²) in [4.78, 5) is 24.6. The maximum atomic E-state index is 12.4. The standard InChI is InChI=1S/C16H16N6O3S/c1-9-6-10(22-25-9)8-26-12-5-3-2-4-11(12)14(23)24-7-13-19-15(17)21-16(18)20-13/h2-6H,7-8H2,1H3,(H4,17,18,19,20,21). The van der Waals surface area contributed by atoms with E-state index in [1.54, 1.807) is 12.1 Å². The number of anilines is 2. The second-order valence-electron chi connectivity index (χ2n) is 5.26. The molecule has 0 amide bonds. The maximum absolute atomic E-state index is 12.4. The molecule has 0 aliphatic rings. The number of rotatable bonds is 6. The molecule has 0 fully saturated rings. The van der Waals surface area contributed by atoms with Gasteiger partial charge < -0.3 is 20.7 Å². The van der Waals surface area contributed by atoms with Crippen molar-refractivity contribution < 1.29 is 14.1 Å². The minimum absolute atomic E-state index is 0.0255. The zero-order valence-electron chi connectivity index (χ0n) is 13.9. The fraction of sp³-hybridized carbons (Fsp3) is 0.188. The first-order chi connectivity index (χ1) is 12.5. The van der Waals surface area contributed by atoms with Gasteiger partial charge in [0.05, 0.1) is 11.3 Å². The molecule has 0 aliphatic carbocycles. The van der Waals surface area contributed by atoms with Crippen molar-refractivity contribution in [2.45, 2.75) is 24.2 Å². The molecular weight excluding hydrogens is 356 g/mol. The van der Waals surface area contributed by atoms with E-state index < -0.39 is 5.97 Å². The number of nitrogens with zero attached hydrogens (tertiary/aromatic N) is 4. The van der Waals surface area contributed by atoms with Crippen molar-refractivity contribution in [3.05, 3.63) is 53.2 Å². The van der Waals surface area contributed by atoms with Crippen molar-refractivity contribution in [3.63, 3.8) is 0 Å². The monoisotopic (exact) mass is 372 g/mol. The molecule has 9 nitrogen and oxygen atoms in total. The molecule has 0 saturated heterocycles. The number of esters is 1. The maximum Gasteiger partial charge on any atom is 0.339 e. The highest BCUT2D eigenvalue weighted by Crippen LogP contribution is 2.26. The smallest absolute Gasteiger partial charge is 0.339 e. The topological polar surface area (TPSA) is 143 Å². The fourth-order valence-corrected chi connectivity index (χ4v) is 3.05. The van der Waals surface area contributed by atoms with E-state index in [0.717, 1.165) is 16.3 Å². The SMILES string of the molecule is Cc1cc(CSc2ccccc2C(=O)OCc2nc(N)nc(N)n2)no1. The molecule has 3 rings (SSSR count). The molecule has 0 saturated carbocycles. The highest BCUT2D eigenvalue weighted by atomic mass is 32.2. The Morgan fingerprint density at radius 2 is 1.92 bits per heavy atom. The Balaban J connectivity index is 1.67. The van der Waals surface area contributed by atoms with Crippen molar-refractivity contribution in [1.82, 2.24) is 20.1 Å². The van der Waals surface area contributed by atoms with E-state index in [2.05, 4.69) is 20.1 Å². The largest absolute Gasteiger partial charge is 0.454 e. The number of nitrogens with two attached hydrogens (primary N) is 2. The van der Waals surface area contributed by atoms with Crippen LogP contribution in [-0.2, 0) is 17.1 Å². The van der Waals surface area contributed by atoms with Gasteiger partial charge in [0.25, 0.3) is 0 Å². The van der Waals surface area contributed by atoms with E-state index in [9.17, 15) is 4.79 Å². The molecule has 0 aliphatic heterocycles. The average molecular weight is 372 g/mol. The summed E-state index contributed by atoms with van der Waals surface area (Å²) in [5.74, 6) is 0.949. The van der Waals surface area contributed by atoms with Crippen LogP contribution in [0.2, 0.25) is 0 Å². The average Bonchev–Trinajstić information content (AvgIpc) is 3.03. The Bertz CT molecular complexity index is 910. The van der Waals surface area contributed by atoms with Gasteiger partial charge in [-0.2, -0.15) is 15.0 Å². The summed E-state index contributed by atoms with van der Waals surface area (Å²) >= 11 is 1.46. The van der Waals surface area contributed by atoms with E-state index in [1.165, 1.54) is 11.8 Å². The van der Waals surface area contributed by atoms with Crippen molar-refractivity contribution in [3.8, 4) is 0 Å². The van der Waals surface area contributed by atoms with Gasteiger partial charge in [-0.25, -0.2) is 4.79 Å². The lowest BCUT2D eigenvalue weighted by atomic mass is 10.2. The van der Waals surface area contributed by atoms with Gasteiger partial charge in [-0.1, -0.05) is 17.3 Å². The number of aromatic nitrogens is 4. The van der Waals surface area contributed by atoms with Gasteiger partial charge in [-0.05, 0) is 19.1 Å². The van der Waals surface area contributed by atoms with Crippen molar-refractivity contribution in [1.29, 1.82) is 0 Å². The summed E-state index contributed by atoms with van der Waals surface area (Å²) in [6.07, 6.45) is 0. The number of hydrogen-bond donors (Lipinski definition) is 2. The predicted molar refractivity (Wildman–Crippen MR) is 95.0 cm³/mol. The third kappa shape index (κ3) is 4.48. The fourth-order valence-electron chi connectivity index (χ4n) is 2.13. The van der Waals surface area contributed by atoms with Gasteiger partial charge in [-0.15, -0.1) is 11.8 Å². The molecule has 1 aromatic carbocycles. The summed E-state index contributed by atoms with van der Waals surface area (Å²) in [6.45, 7) is 1.67. The number of benzene rings is 1. The molecule has 0 atom stereocenters. The van der Waals surface area contributed by atoms with E-state index in [-0.39, 0.29) is 24.3 Å². The number of thioether (sulfide) groups is 1. The van der Waals surface area contributed by atoms with Gasteiger partial charge in [0.2, 0.25) is 11.9 Å². The Labute approximate surface area is 153 Å². The highest BCUT2D eigenvalue weighted by molar-refractivity contribution is 7.98. The Kier molecular flexibility index (Phi) is 5.32. The minimum atomic E-state index is -0.498. The Morgan fingerprint density at radius 1 is 1.19 bits per heavy atom. The van der Waals surface area contributed by atoms with Crippen molar-refractivity contribution >= 4 is 29.6 Å². The van der Waals surface area contributed by atoms with E-state index in [4.69, 9.17) is 20.7 Å². The first kappa shape index (κ1) is 17.7. The lowest BCUT2D eigenvalue weighted by molar-refractivity contribution is 0.0458. The molecular formula is C16H16N6O3S. The number of carbonyl (C=O) groups excluding carboxylic acids is 1. The molecule has 0 spiro atoms. The molecule has 0 unspecified atom stereocenters. The van der Waals surface area contributed by atoms with Crippen LogP contribution < -0.4 is 11.5 Å². The van der Waals surface area contributed by atoms with Crippen LogP contribution in [0.5, 0.6) is 0 Å². The number of nitrogen functional groups attached to an aromatic ring is 2. The van der Waals surface area contributed by atoms with E-state index in [1.807, 2.05) is 25.1 Å². The van der Waals surface area contributed by atoms with Crippen LogP contribution in [0.1, 0.15) is 27.6 Å². The van der Waals surface area contributed by atoms with Crippen LogP contribution >= 0.6 is 11.8 Å². The highest BCUT2D eigenvalue weighted by Gasteiger charge is 2.15. The quantitative estimate of drug-likeness (QED) is 0.487. The third-order valence-corrected chi connectivity index (χ3v) is 4.32. The van der Waals surface area contributed by atoms with Crippen molar-refractivity contribution in [2.75, 3.05) is 11.5 Å². The molecule has 10 heteroatoms. The normalized spacial score (nSPS) is 10.7. The lowest BCUT2D eigenvalue weighted by Crippen LogP contribution is -2.11. The molecule has 26 heavy (non-hydrogen) atoms. The third-order valence-electron chi connectivity index (χ3n) is 3.21. The van der Waals surface area contributed by atoms with Crippen LogP contribution in [0.25, 0.3) is 0 Å². The first-order valence-electron chi connectivity index (χ1n) is 7.58. The van der Waals surface area contributed by atoms with Gasteiger partial charge in [0, 0.05) is 16.7 Å². The summed E-state index contributed by atoms with van der Waals surface area (Å²) in [5.41, 5.74) is 12.2. The molecule has 134 valence electrons. The molecule has 0 radical (unpaired) electrons. The van der Waals surface area contributed by atoms with Gasteiger partial charge in [0.1, 0.15) is 5.76 Å². The molecule has 3 aromatic rings. The van der Waals surface area contributed by atoms with E-state index in [0.29, 0.717) is 11.3 Å². The van der Waals surface area contributed by atoms with Crippen LogP contribution in [-0.4, -0.2) is 26.1 Å². The number of hydrogen-bond acceptors (Lipinski definition) is 10. The summed E-state index contributed by atoms with van der Waals surface area (Å²) in [7, 11) is 0. The van der Waals surface area contributed by atoms with Crippen molar-refractivity contribution in [2.24, 2.45) is 0 Å². The zero-order valence-corrected chi connectivity index (χ0v) is 14.7. The number of ether oxygens (including phenoxy) is 1. The second kappa shape index (κ2) is 7.83. The van der Waals surface area contributed by atoms with Gasteiger partial charge in [0.15, 0.2) is 12.4 Å².